The van der Waals surface area contributed by atoms with Gasteiger partial charge in [0.05, 0.1) is 21.5 Å². The van der Waals surface area contributed by atoms with Crippen LogP contribution < -0.4 is 15.8 Å². The van der Waals surface area contributed by atoms with E-state index in [9.17, 15) is 4.79 Å². The highest BCUT2D eigenvalue weighted by molar-refractivity contribution is 9.11. The molecule has 4 nitrogen and oxygen atoms in total. The maximum absolute atomic E-state index is 12.1. The van der Waals surface area contributed by atoms with E-state index in [-0.39, 0.29) is 5.91 Å². The lowest BCUT2D eigenvalue weighted by Gasteiger charge is -2.08. The number of halogens is 1. The molecule has 19 heavy (non-hydrogen) atoms. The van der Waals surface area contributed by atoms with Crippen LogP contribution >= 0.6 is 27.3 Å². The average molecular weight is 341 g/mol. The van der Waals surface area contributed by atoms with Crippen molar-refractivity contribution in [3.05, 3.63) is 38.5 Å². The van der Waals surface area contributed by atoms with E-state index in [0.29, 0.717) is 22.0 Å². The summed E-state index contributed by atoms with van der Waals surface area (Å²) in [5.41, 5.74) is 7.96. The molecule has 0 fully saturated rings. The molecule has 100 valence electrons. The molecule has 0 aliphatic rings. The molecule has 0 radical (unpaired) electrons. The minimum Gasteiger partial charge on any atom is -0.495 e. The van der Waals surface area contributed by atoms with E-state index in [4.69, 9.17) is 10.5 Å². The van der Waals surface area contributed by atoms with Gasteiger partial charge in [0.2, 0.25) is 0 Å². The van der Waals surface area contributed by atoms with Gasteiger partial charge < -0.3 is 15.8 Å². The molecule has 0 unspecified atom stereocenters. The Hall–Kier alpha value is -1.53. The third-order valence-corrected chi connectivity index (χ3v) is 4.71. The zero-order valence-corrected chi connectivity index (χ0v) is 12.9. The predicted octanol–water partition coefficient (Wildman–Crippen LogP) is 3.66. The summed E-state index contributed by atoms with van der Waals surface area (Å²) >= 11 is 4.81. The number of thiophene rings is 1. The van der Waals surface area contributed by atoms with Gasteiger partial charge in [-0.1, -0.05) is 0 Å². The van der Waals surface area contributed by atoms with Gasteiger partial charge in [0.25, 0.3) is 5.91 Å². The van der Waals surface area contributed by atoms with E-state index in [2.05, 4.69) is 21.2 Å². The number of carbonyl (C=O) groups excluding carboxylic acids is 1. The molecule has 3 N–H and O–H groups in total. The van der Waals surface area contributed by atoms with Crippen LogP contribution in [0.5, 0.6) is 5.75 Å². The van der Waals surface area contributed by atoms with Crippen molar-refractivity contribution in [2.75, 3.05) is 18.2 Å². The van der Waals surface area contributed by atoms with Crippen molar-refractivity contribution >= 4 is 44.5 Å². The second kappa shape index (κ2) is 5.63. The van der Waals surface area contributed by atoms with Crippen molar-refractivity contribution in [3.8, 4) is 5.75 Å². The number of nitrogens with two attached hydrogens (primary N) is 1. The summed E-state index contributed by atoms with van der Waals surface area (Å²) in [5.74, 6) is 0.395. The summed E-state index contributed by atoms with van der Waals surface area (Å²) in [6.45, 7) is 1.95. The van der Waals surface area contributed by atoms with E-state index in [1.54, 1.807) is 18.2 Å². The van der Waals surface area contributed by atoms with Crippen LogP contribution in [-0.2, 0) is 0 Å². The highest BCUT2D eigenvalue weighted by atomic mass is 79.9. The van der Waals surface area contributed by atoms with Crippen LogP contribution in [0.1, 0.15) is 15.2 Å². The standard InChI is InChI=1S/C13H13BrN2O2S/c1-7-5-11(19-12(7)14)13(17)16-8-3-4-9(15)10(6-8)18-2/h3-6H,15H2,1-2H3,(H,16,17). The Morgan fingerprint density at radius 3 is 2.74 bits per heavy atom. The van der Waals surface area contributed by atoms with E-state index in [1.165, 1.54) is 18.4 Å². The number of nitrogen functional groups attached to an aromatic ring is 1. The summed E-state index contributed by atoms with van der Waals surface area (Å²) in [4.78, 5) is 12.7. The molecule has 0 aliphatic carbocycles. The third kappa shape index (κ3) is 3.08. The molecule has 0 atom stereocenters. The van der Waals surface area contributed by atoms with E-state index in [1.807, 2.05) is 13.0 Å². The molecular weight excluding hydrogens is 328 g/mol. The van der Waals surface area contributed by atoms with Crippen LogP contribution in [0.2, 0.25) is 0 Å². The first-order chi connectivity index (χ1) is 9.01. The van der Waals surface area contributed by atoms with Crippen molar-refractivity contribution in [1.29, 1.82) is 0 Å². The Kier molecular flexibility index (Phi) is 4.11. The fourth-order valence-corrected chi connectivity index (χ4v) is 2.98. The van der Waals surface area contributed by atoms with Gasteiger partial charge >= 0.3 is 0 Å². The van der Waals surface area contributed by atoms with Crippen LogP contribution in [0.25, 0.3) is 0 Å². The van der Waals surface area contributed by atoms with E-state index >= 15 is 0 Å². The van der Waals surface area contributed by atoms with Gasteiger partial charge in [-0.3, -0.25) is 4.79 Å². The molecule has 0 saturated carbocycles. The largest absolute Gasteiger partial charge is 0.495 e. The molecule has 0 saturated heterocycles. The fraction of sp³-hybridized carbons (Fsp3) is 0.154. The molecule has 0 bridgehead atoms. The molecule has 2 aromatic rings. The van der Waals surface area contributed by atoms with Crippen LogP contribution in [-0.4, -0.2) is 13.0 Å². The SMILES string of the molecule is COc1cc(NC(=O)c2cc(C)c(Br)s2)ccc1N. The molecule has 0 spiro atoms. The number of carbonyl (C=O) groups is 1. The topological polar surface area (TPSA) is 64.3 Å². The summed E-state index contributed by atoms with van der Waals surface area (Å²) in [5, 5.41) is 2.82. The lowest BCUT2D eigenvalue weighted by Crippen LogP contribution is -2.10. The zero-order chi connectivity index (χ0) is 14.0. The average Bonchev–Trinajstić information content (AvgIpc) is 2.72. The summed E-state index contributed by atoms with van der Waals surface area (Å²) < 4.78 is 6.08. The zero-order valence-electron chi connectivity index (χ0n) is 10.5. The monoisotopic (exact) mass is 340 g/mol. The number of benzene rings is 1. The number of aryl methyl sites for hydroxylation is 1. The van der Waals surface area contributed by atoms with Gasteiger partial charge in [-0.2, -0.15) is 0 Å². The van der Waals surface area contributed by atoms with Crippen LogP contribution in [0, 0.1) is 6.92 Å². The lowest BCUT2D eigenvalue weighted by molar-refractivity contribution is 0.103. The highest BCUT2D eigenvalue weighted by Gasteiger charge is 2.12. The number of anilines is 2. The van der Waals surface area contributed by atoms with Crippen molar-refractivity contribution in [3.63, 3.8) is 0 Å². The van der Waals surface area contributed by atoms with E-state index in [0.717, 1.165) is 9.35 Å². The van der Waals surface area contributed by atoms with Crippen LogP contribution in [0.3, 0.4) is 0 Å². The Morgan fingerprint density at radius 1 is 1.42 bits per heavy atom. The molecule has 0 aliphatic heterocycles. The first-order valence-electron chi connectivity index (χ1n) is 5.52. The Labute approximate surface area is 123 Å². The van der Waals surface area contributed by atoms with Gasteiger partial charge in [-0.05, 0) is 46.6 Å². The van der Waals surface area contributed by atoms with Crippen molar-refractivity contribution in [2.24, 2.45) is 0 Å². The summed E-state index contributed by atoms with van der Waals surface area (Å²) in [7, 11) is 1.54. The van der Waals surface area contributed by atoms with Crippen molar-refractivity contribution < 1.29 is 9.53 Å². The van der Waals surface area contributed by atoms with Gasteiger partial charge in [0.15, 0.2) is 0 Å². The van der Waals surface area contributed by atoms with Gasteiger partial charge in [-0.25, -0.2) is 0 Å². The first-order valence-corrected chi connectivity index (χ1v) is 7.13. The molecule has 1 aromatic carbocycles. The minimum atomic E-state index is -0.148. The third-order valence-electron chi connectivity index (χ3n) is 2.57. The number of ether oxygens (including phenoxy) is 1. The second-order valence-electron chi connectivity index (χ2n) is 3.98. The number of methoxy groups -OCH3 is 1. The number of amides is 1. The molecule has 1 amide bonds. The Balaban J connectivity index is 2.19. The lowest BCUT2D eigenvalue weighted by atomic mass is 10.2. The highest BCUT2D eigenvalue weighted by Crippen LogP contribution is 2.29. The molecule has 2 rings (SSSR count). The second-order valence-corrected chi connectivity index (χ2v) is 6.35. The number of hydrogen-bond donors (Lipinski definition) is 2. The number of hydrogen-bond acceptors (Lipinski definition) is 4. The quantitative estimate of drug-likeness (QED) is 0.838. The Bertz CT molecular complexity index is 606. The van der Waals surface area contributed by atoms with Crippen LogP contribution in [0.4, 0.5) is 11.4 Å². The maximum Gasteiger partial charge on any atom is 0.265 e. The maximum atomic E-state index is 12.1. The predicted molar refractivity (Wildman–Crippen MR) is 82.1 cm³/mol. The molecule has 1 heterocycles. The first kappa shape index (κ1) is 13.9. The molecule has 6 heteroatoms. The van der Waals surface area contributed by atoms with Crippen LogP contribution in [0.15, 0.2) is 28.1 Å². The molecule has 1 aromatic heterocycles. The summed E-state index contributed by atoms with van der Waals surface area (Å²) in [6, 6.07) is 6.98. The fourth-order valence-electron chi connectivity index (χ4n) is 1.55. The van der Waals surface area contributed by atoms with Crippen molar-refractivity contribution in [1.82, 2.24) is 0 Å². The summed E-state index contributed by atoms with van der Waals surface area (Å²) in [6.07, 6.45) is 0. The normalized spacial score (nSPS) is 10.3. The van der Waals surface area contributed by atoms with Crippen molar-refractivity contribution in [2.45, 2.75) is 6.92 Å². The van der Waals surface area contributed by atoms with Gasteiger partial charge in [0, 0.05) is 11.8 Å². The molecular formula is C13H13BrN2O2S. The minimum absolute atomic E-state index is 0.148. The number of rotatable bonds is 3. The number of nitrogens with one attached hydrogen (secondary N) is 1. The van der Waals surface area contributed by atoms with Gasteiger partial charge in [0.1, 0.15) is 5.75 Å². The van der Waals surface area contributed by atoms with E-state index < -0.39 is 0 Å². The smallest absolute Gasteiger partial charge is 0.265 e. The van der Waals surface area contributed by atoms with Gasteiger partial charge in [-0.15, -0.1) is 11.3 Å². The Morgan fingerprint density at radius 2 is 2.16 bits per heavy atom.